The van der Waals surface area contributed by atoms with E-state index in [4.69, 9.17) is 4.74 Å². The third-order valence-corrected chi connectivity index (χ3v) is 12.3. The van der Waals surface area contributed by atoms with Gasteiger partial charge in [-0.05, 0) is 41.9 Å². The maximum absolute atomic E-state index is 13.3. The second-order valence-corrected chi connectivity index (χ2v) is 14.1. The van der Waals surface area contributed by atoms with Gasteiger partial charge < -0.3 is 14.8 Å². The Labute approximate surface area is 243 Å². The number of esters is 1. The van der Waals surface area contributed by atoms with Crippen molar-refractivity contribution >= 4 is 69.8 Å². The number of carboxylic acids is 1. The van der Waals surface area contributed by atoms with Gasteiger partial charge in [0.2, 0.25) is 17.7 Å². The molecular weight excluding hydrogens is 594 g/mol. The molecule has 2 aliphatic carbocycles. The zero-order valence-corrected chi connectivity index (χ0v) is 23.4. The number of likely N-dealkylation sites (tertiary alicyclic amines) is 1. The number of aromatic amines is 1. The number of nitrogens with one attached hydrogen (secondary N) is 2. The third-order valence-electron chi connectivity index (χ3n) is 8.70. The van der Waals surface area contributed by atoms with Crippen molar-refractivity contribution in [3.8, 4) is 5.75 Å². The first-order valence-electron chi connectivity index (χ1n) is 12.9. The SMILES string of the molecule is O=C(O)CN1C(=O)[C@@H]2[C@H]3C[C@@H]([C@@H]4Sc5[nH]c(=O)sc5[C@H](c5ccc(OC(=O)C[C@H]6SC(=O)NC6=O)cc5)[C@@H]34)[C@H]2C1=O. The second kappa shape index (κ2) is 9.56. The summed E-state index contributed by atoms with van der Waals surface area (Å²) in [7, 11) is 0. The molecule has 0 spiro atoms. The molecule has 4 amide bonds. The molecule has 41 heavy (non-hydrogen) atoms. The number of thiazole rings is 1. The van der Waals surface area contributed by atoms with Crippen molar-refractivity contribution < 1.29 is 38.6 Å². The van der Waals surface area contributed by atoms with E-state index in [2.05, 4.69) is 10.3 Å². The molecule has 12 nitrogen and oxygen atoms in total. The van der Waals surface area contributed by atoms with Crippen LogP contribution in [0.15, 0.2) is 34.1 Å². The lowest BCUT2D eigenvalue weighted by Gasteiger charge is -2.43. The highest BCUT2D eigenvalue weighted by atomic mass is 32.2. The fraction of sp³-hybridized carbons (Fsp3) is 0.423. The van der Waals surface area contributed by atoms with E-state index in [1.54, 1.807) is 24.3 Å². The van der Waals surface area contributed by atoms with Crippen LogP contribution in [0.3, 0.4) is 0 Å². The summed E-state index contributed by atoms with van der Waals surface area (Å²) in [5.41, 5.74) is 0.858. The van der Waals surface area contributed by atoms with Crippen LogP contribution >= 0.6 is 34.9 Å². The first-order valence-corrected chi connectivity index (χ1v) is 15.5. The molecule has 7 rings (SSSR count). The molecule has 212 valence electrons. The summed E-state index contributed by atoms with van der Waals surface area (Å²) in [6.07, 6.45) is 0.419. The van der Waals surface area contributed by atoms with Gasteiger partial charge >= 0.3 is 16.8 Å². The maximum Gasteiger partial charge on any atom is 0.323 e. The Balaban J connectivity index is 1.16. The Morgan fingerprint density at radius 2 is 1.71 bits per heavy atom. The fourth-order valence-corrected chi connectivity index (χ4v) is 11.0. The smallest absolute Gasteiger partial charge is 0.323 e. The lowest BCUT2D eigenvalue weighted by molar-refractivity contribution is -0.149. The molecule has 3 aliphatic heterocycles. The molecule has 1 aromatic carbocycles. The van der Waals surface area contributed by atoms with E-state index in [0.29, 0.717) is 6.42 Å². The second-order valence-electron chi connectivity index (χ2n) is 10.7. The number of thioether (sulfide) groups is 2. The number of H-pyrrole nitrogens is 1. The number of imide groups is 2. The van der Waals surface area contributed by atoms with Crippen LogP contribution in [0.4, 0.5) is 4.79 Å². The summed E-state index contributed by atoms with van der Waals surface area (Å²) >= 11 is 3.39. The van der Waals surface area contributed by atoms with Crippen LogP contribution in [0.25, 0.3) is 0 Å². The lowest BCUT2D eigenvalue weighted by Crippen LogP contribution is -2.42. The predicted octanol–water partition coefficient (Wildman–Crippen LogP) is 1.64. The molecule has 8 atom stereocenters. The standard InChI is InChI=1S/C26H21N3O9S3/c30-13(31)7-29-23(34)17-10-5-11(18(17)24(29)35)19-16(10)15(20-22(40-19)28-26(37)41-20)8-1-3-9(4-2-8)38-14(32)6-12-21(33)27-25(36)39-12/h1-4,10-12,15-19H,5-7H2,(H,28,37)(H,30,31)(H,27,33,36)/t10-,11+,12+,15+,16+,17+,18+,19-/m0/s1. The minimum absolute atomic E-state index is 0.0409. The number of carboxylic acid groups (broad SMARTS) is 1. The summed E-state index contributed by atoms with van der Waals surface area (Å²) in [5, 5.41) is 10.8. The number of carbonyl (C=O) groups is 6. The van der Waals surface area contributed by atoms with E-state index in [9.17, 15) is 38.7 Å². The van der Waals surface area contributed by atoms with Crippen LogP contribution in [0.2, 0.25) is 0 Å². The average Bonchev–Trinajstić information content (AvgIpc) is 3.69. The van der Waals surface area contributed by atoms with Gasteiger partial charge in [-0.15, -0.1) is 11.8 Å². The summed E-state index contributed by atoms with van der Waals surface area (Å²) in [6, 6.07) is 6.86. The summed E-state index contributed by atoms with van der Waals surface area (Å²) in [4.78, 5) is 90.2. The van der Waals surface area contributed by atoms with E-state index in [0.717, 1.165) is 43.5 Å². The van der Waals surface area contributed by atoms with E-state index < -0.39 is 58.5 Å². The predicted molar refractivity (Wildman–Crippen MR) is 144 cm³/mol. The van der Waals surface area contributed by atoms with Crippen molar-refractivity contribution in [2.75, 3.05) is 6.54 Å². The van der Waals surface area contributed by atoms with Crippen molar-refractivity contribution in [1.82, 2.24) is 15.2 Å². The molecule has 2 aromatic rings. The van der Waals surface area contributed by atoms with E-state index in [-0.39, 0.29) is 46.0 Å². The number of fused-ring (bicyclic) bond motifs is 9. The lowest BCUT2D eigenvalue weighted by atomic mass is 9.68. The van der Waals surface area contributed by atoms with Crippen LogP contribution in [-0.2, 0) is 24.0 Å². The first kappa shape index (κ1) is 26.5. The minimum Gasteiger partial charge on any atom is -0.480 e. The monoisotopic (exact) mass is 615 g/mol. The number of hydrogen-bond acceptors (Lipinski definition) is 11. The van der Waals surface area contributed by atoms with Gasteiger partial charge in [-0.3, -0.25) is 43.8 Å². The van der Waals surface area contributed by atoms with E-state index in [1.807, 2.05) is 0 Å². The summed E-state index contributed by atoms with van der Waals surface area (Å²) in [6.45, 7) is -0.642. The number of rotatable bonds is 6. The largest absolute Gasteiger partial charge is 0.480 e. The Morgan fingerprint density at radius 1 is 1.00 bits per heavy atom. The van der Waals surface area contributed by atoms with Gasteiger partial charge in [-0.2, -0.15) is 0 Å². The molecule has 3 N–H and O–H groups in total. The minimum atomic E-state index is -1.23. The Morgan fingerprint density at radius 3 is 2.37 bits per heavy atom. The van der Waals surface area contributed by atoms with Crippen molar-refractivity contribution in [1.29, 1.82) is 0 Å². The van der Waals surface area contributed by atoms with Crippen LogP contribution in [0, 0.1) is 29.6 Å². The van der Waals surface area contributed by atoms with E-state index >= 15 is 0 Å². The van der Waals surface area contributed by atoms with Crippen LogP contribution in [0.5, 0.6) is 5.75 Å². The highest BCUT2D eigenvalue weighted by molar-refractivity contribution is 8.15. The number of aromatic nitrogens is 1. The summed E-state index contributed by atoms with van der Waals surface area (Å²) < 4.78 is 5.40. The van der Waals surface area contributed by atoms with Gasteiger partial charge in [0.1, 0.15) is 17.5 Å². The number of nitrogens with zero attached hydrogens (tertiary/aromatic N) is 1. The molecule has 2 saturated carbocycles. The molecule has 4 heterocycles. The van der Waals surface area contributed by atoms with Gasteiger partial charge in [0, 0.05) is 16.0 Å². The van der Waals surface area contributed by atoms with Gasteiger partial charge in [-0.25, -0.2) is 0 Å². The molecule has 15 heteroatoms. The number of carbonyl (C=O) groups excluding carboxylic acids is 5. The fourth-order valence-electron chi connectivity index (χ4n) is 7.34. The average molecular weight is 616 g/mol. The number of amides is 4. The van der Waals surface area contributed by atoms with Crippen molar-refractivity contribution in [3.63, 3.8) is 0 Å². The van der Waals surface area contributed by atoms with Gasteiger partial charge in [-0.1, -0.05) is 35.2 Å². The Hall–Kier alpha value is -3.43. The van der Waals surface area contributed by atoms with E-state index in [1.165, 1.54) is 11.8 Å². The first-order chi connectivity index (χ1) is 19.6. The molecule has 1 aromatic heterocycles. The van der Waals surface area contributed by atoms with Gasteiger partial charge in [0.25, 0.3) is 5.24 Å². The van der Waals surface area contributed by atoms with Crippen LogP contribution < -0.4 is 14.9 Å². The quantitative estimate of drug-likeness (QED) is 0.244. The molecule has 2 bridgehead atoms. The Kier molecular flexibility index (Phi) is 6.17. The number of benzene rings is 1. The van der Waals surface area contributed by atoms with Crippen LogP contribution in [-0.4, -0.2) is 66.9 Å². The molecule has 4 fully saturated rings. The maximum atomic E-state index is 13.3. The molecule has 5 aliphatic rings. The van der Waals surface area contributed by atoms with Gasteiger partial charge in [0.15, 0.2) is 0 Å². The van der Waals surface area contributed by atoms with Crippen molar-refractivity contribution in [2.24, 2.45) is 29.6 Å². The zero-order valence-electron chi connectivity index (χ0n) is 20.9. The van der Waals surface area contributed by atoms with Crippen LogP contribution in [0.1, 0.15) is 29.2 Å². The zero-order chi connectivity index (χ0) is 28.7. The highest BCUT2D eigenvalue weighted by Crippen LogP contribution is 2.68. The molecular formula is C26H21N3O9S3. The summed E-state index contributed by atoms with van der Waals surface area (Å²) in [5.74, 6) is -4.71. The van der Waals surface area contributed by atoms with Crippen molar-refractivity contribution in [3.05, 3.63) is 44.4 Å². The van der Waals surface area contributed by atoms with Gasteiger partial charge in [0.05, 0.1) is 23.3 Å². The van der Waals surface area contributed by atoms with Crippen molar-refractivity contribution in [2.45, 2.75) is 34.3 Å². The highest BCUT2D eigenvalue weighted by Gasteiger charge is 2.69. The third kappa shape index (κ3) is 4.15. The number of aliphatic carboxylic acids is 1. The molecule has 0 radical (unpaired) electrons. The number of ether oxygens (including phenoxy) is 1. The normalized spacial score (nSPS) is 33.0. The number of hydrogen-bond donors (Lipinski definition) is 3. The topological polar surface area (TPSA) is 180 Å². The molecule has 0 unspecified atom stereocenters. The molecule has 2 saturated heterocycles. The Bertz CT molecular complexity index is 1600.